The van der Waals surface area contributed by atoms with Gasteiger partial charge in [-0.25, -0.2) is 17.5 Å². The summed E-state index contributed by atoms with van der Waals surface area (Å²) >= 11 is 6.12. The van der Waals surface area contributed by atoms with Crippen LogP contribution in [0.15, 0.2) is 71.8 Å². The van der Waals surface area contributed by atoms with E-state index in [4.69, 9.17) is 11.6 Å². The number of anilines is 1. The van der Waals surface area contributed by atoms with Crippen molar-refractivity contribution in [1.82, 2.24) is 9.78 Å². The highest BCUT2D eigenvalue weighted by atomic mass is 35.5. The Bertz CT molecular complexity index is 1400. The summed E-state index contributed by atoms with van der Waals surface area (Å²) in [4.78, 5) is 12.6. The number of carbonyl (C=O) groups is 1. The number of fused-ring (bicyclic) bond motifs is 1. The van der Waals surface area contributed by atoms with E-state index in [0.717, 1.165) is 6.26 Å². The molecule has 0 aliphatic carbocycles. The average Bonchev–Trinajstić information content (AvgIpc) is 3.13. The molecule has 0 spiro atoms. The van der Waals surface area contributed by atoms with Gasteiger partial charge in [-0.15, -0.1) is 0 Å². The molecule has 4 rings (SSSR count). The zero-order chi connectivity index (χ0) is 22.2. The first-order valence-corrected chi connectivity index (χ1v) is 11.5. The summed E-state index contributed by atoms with van der Waals surface area (Å²) in [6.07, 6.45) is 2.56. The van der Waals surface area contributed by atoms with Crippen LogP contribution in [-0.4, -0.2) is 30.4 Å². The maximum absolute atomic E-state index is 13.3. The topological polar surface area (TPSA) is 81.1 Å². The van der Waals surface area contributed by atoms with E-state index >= 15 is 0 Å². The molecular weight excluding hydrogens is 441 g/mol. The molecule has 0 unspecified atom stereocenters. The number of halogens is 2. The van der Waals surface area contributed by atoms with Gasteiger partial charge in [0, 0.05) is 22.4 Å². The molecule has 0 fully saturated rings. The van der Waals surface area contributed by atoms with Gasteiger partial charge in [-0.05, 0) is 48.0 Å². The van der Waals surface area contributed by atoms with Crippen LogP contribution in [0.4, 0.5) is 10.1 Å². The van der Waals surface area contributed by atoms with E-state index in [9.17, 15) is 17.6 Å². The van der Waals surface area contributed by atoms with Crippen molar-refractivity contribution in [2.75, 3.05) is 11.6 Å². The molecule has 0 aliphatic rings. The van der Waals surface area contributed by atoms with Gasteiger partial charge in [0.1, 0.15) is 5.82 Å². The molecule has 3 aromatic carbocycles. The van der Waals surface area contributed by atoms with E-state index in [2.05, 4.69) is 10.4 Å². The number of hydrogen-bond acceptors (Lipinski definition) is 4. The highest BCUT2D eigenvalue weighted by Crippen LogP contribution is 2.29. The number of nitrogens with one attached hydrogen (secondary N) is 1. The van der Waals surface area contributed by atoms with Gasteiger partial charge in [-0.1, -0.05) is 29.8 Å². The number of aromatic nitrogens is 2. The Morgan fingerprint density at radius 1 is 1.13 bits per heavy atom. The number of sulfone groups is 1. The Morgan fingerprint density at radius 3 is 2.52 bits per heavy atom. The molecular formula is C22H17ClFN3O3S. The highest BCUT2D eigenvalue weighted by Gasteiger charge is 2.19. The van der Waals surface area contributed by atoms with Crippen LogP contribution in [0, 0.1) is 5.82 Å². The fourth-order valence-corrected chi connectivity index (χ4v) is 4.38. The van der Waals surface area contributed by atoms with Gasteiger partial charge < -0.3 is 5.32 Å². The van der Waals surface area contributed by atoms with Crippen molar-refractivity contribution in [1.29, 1.82) is 0 Å². The third-order valence-corrected chi connectivity index (χ3v) is 6.22. The van der Waals surface area contributed by atoms with E-state index in [1.165, 1.54) is 41.2 Å². The molecule has 9 heteroatoms. The fourth-order valence-electron chi connectivity index (χ4n) is 3.28. The number of benzene rings is 3. The van der Waals surface area contributed by atoms with Crippen molar-refractivity contribution in [3.05, 3.63) is 83.3 Å². The van der Waals surface area contributed by atoms with Gasteiger partial charge in [-0.2, -0.15) is 5.10 Å². The van der Waals surface area contributed by atoms with Crippen molar-refractivity contribution in [3.63, 3.8) is 0 Å². The van der Waals surface area contributed by atoms with Crippen molar-refractivity contribution in [3.8, 4) is 5.69 Å². The number of rotatable bonds is 5. The first-order valence-electron chi connectivity index (χ1n) is 9.23. The number of amides is 1. The quantitative estimate of drug-likeness (QED) is 0.481. The van der Waals surface area contributed by atoms with Crippen LogP contribution in [0.1, 0.15) is 5.56 Å². The number of carbonyl (C=O) groups excluding carboxylic acids is 1. The molecule has 1 heterocycles. The van der Waals surface area contributed by atoms with Gasteiger partial charge >= 0.3 is 0 Å². The molecule has 4 aromatic rings. The van der Waals surface area contributed by atoms with Crippen LogP contribution >= 0.6 is 11.6 Å². The SMILES string of the molecule is CS(=O)(=O)c1cc(NC(=O)Cc2ccccc2Cl)cc2c1cnn2-c1ccc(F)cc1. The van der Waals surface area contributed by atoms with Gasteiger partial charge in [0.2, 0.25) is 5.91 Å². The number of hydrogen-bond donors (Lipinski definition) is 1. The summed E-state index contributed by atoms with van der Waals surface area (Å²) in [5.74, 6) is -0.746. The first kappa shape index (κ1) is 21.0. The largest absolute Gasteiger partial charge is 0.326 e. The van der Waals surface area contributed by atoms with Gasteiger partial charge in [-0.3, -0.25) is 4.79 Å². The summed E-state index contributed by atoms with van der Waals surface area (Å²) in [5.41, 5.74) is 1.97. The van der Waals surface area contributed by atoms with Crippen molar-refractivity contribution >= 4 is 43.9 Å². The zero-order valence-electron chi connectivity index (χ0n) is 16.3. The van der Waals surface area contributed by atoms with Gasteiger partial charge in [0.05, 0.1) is 28.7 Å². The summed E-state index contributed by atoms with van der Waals surface area (Å²) in [7, 11) is -3.61. The van der Waals surface area contributed by atoms with E-state index < -0.39 is 15.7 Å². The lowest BCUT2D eigenvalue weighted by Gasteiger charge is -2.11. The van der Waals surface area contributed by atoms with Crippen LogP contribution in [0.25, 0.3) is 16.6 Å². The smallest absolute Gasteiger partial charge is 0.228 e. The lowest BCUT2D eigenvalue weighted by atomic mass is 10.1. The van der Waals surface area contributed by atoms with Crippen molar-refractivity contribution < 1.29 is 17.6 Å². The molecule has 0 radical (unpaired) electrons. The second kappa shape index (κ2) is 8.13. The van der Waals surface area contributed by atoms with Crippen LogP contribution in [0.2, 0.25) is 5.02 Å². The molecule has 0 saturated carbocycles. The minimum absolute atomic E-state index is 0.0309. The summed E-state index contributed by atoms with van der Waals surface area (Å²) < 4.78 is 39.6. The third-order valence-electron chi connectivity index (χ3n) is 4.71. The minimum atomic E-state index is -3.61. The predicted molar refractivity (Wildman–Crippen MR) is 118 cm³/mol. The first-order chi connectivity index (χ1) is 14.7. The van der Waals surface area contributed by atoms with Crippen LogP contribution < -0.4 is 5.32 Å². The normalized spacial score (nSPS) is 11.6. The van der Waals surface area contributed by atoms with Gasteiger partial charge in [0.25, 0.3) is 0 Å². The Labute approximate surface area is 183 Å². The van der Waals surface area contributed by atoms with Gasteiger partial charge in [0.15, 0.2) is 9.84 Å². The van der Waals surface area contributed by atoms with Crippen molar-refractivity contribution in [2.24, 2.45) is 0 Å². The molecule has 0 bridgehead atoms. The lowest BCUT2D eigenvalue weighted by molar-refractivity contribution is -0.115. The molecule has 158 valence electrons. The average molecular weight is 458 g/mol. The summed E-state index contributed by atoms with van der Waals surface area (Å²) in [6.45, 7) is 0. The van der Waals surface area contributed by atoms with Crippen LogP contribution in [-0.2, 0) is 21.1 Å². The van der Waals surface area contributed by atoms with E-state index in [0.29, 0.717) is 32.9 Å². The molecule has 0 atom stereocenters. The monoisotopic (exact) mass is 457 g/mol. The summed E-state index contributed by atoms with van der Waals surface area (Å²) in [6, 6.07) is 15.7. The Morgan fingerprint density at radius 2 is 1.84 bits per heavy atom. The Kier molecular flexibility index (Phi) is 5.51. The molecule has 6 nitrogen and oxygen atoms in total. The van der Waals surface area contributed by atoms with Crippen LogP contribution in [0.5, 0.6) is 0 Å². The van der Waals surface area contributed by atoms with E-state index in [-0.39, 0.29) is 17.2 Å². The maximum atomic E-state index is 13.3. The van der Waals surface area contributed by atoms with Crippen molar-refractivity contribution in [2.45, 2.75) is 11.3 Å². The standard InChI is InChI=1S/C22H17ClFN3O3S/c1-31(29,30)21-12-16(26-22(28)10-14-4-2-3-5-19(14)23)11-20-18(21)13-25-27(20)17-8-6-15(24)7-9-17/h2-9,11-13H,10H2,1H3,(H,26,28). The second-order valence-corrected chi connectivity index (χ2v) is 9.42. The molecule has 0 saturated heterocycles. The van der Waals surface area contributed by atoms with E-state index in [1.807, 2.05) is 0 Å². The zero-order valence-corrected chi connectivity index (χ0v) is 17.9. The summed E-state index contributed by atoms with van der Waals surface area (Å²) in [5, 5.41) is 7.88. The molecule has 1 aromatic heterocycles. The second-order valence-electron chi connectivity index (χ2n) is 7.03. The number of nitrogens with zero attached hydrogens (tertiary/aromatic N) is 2. The van der Waals surface area contributed by atoms with Crippen LogP contribution in [0.3, 0.4) is 0 Å². The Hall–Kier alpha value is -3.23. The molecule has 31 heavy (non-hydrogen) atoms. The maximum Gasteiger partial charge on any atom is 0.228 e. The predicted octanol–water partition coefficient (Wildman–Crippen LogP) is 4.40. The third kappa shape index (κ3) is 4.45. The lowest BCUT2D eigenvalue weighted by Crippen LogP contribution is -2.15. The molecule has 1 amide bonds. The minimum Gasteiger partial charge on any atom is -0.326 e. The fraction of sp³-hybridized carbons (Fsp3) is 0.0909. The Balaban J connectivity index is 1.76. The highest BCUT2D eigenvalue weighted by molar-refractivity contribution is 7.91. The van der Waals surface area contributed by atoms with E-state index in [1.54, 1.807) is 30.3 Å². The molecule has 0 aliphatic heterocycles. The molecule has 1 N–H and O–H groups in total.